The average Bonchev–Trinajstić information content (AvgIpc) is 2.96. The molecule has 1 aromatic heterocycles. The van der Waals surface area contributed by atoms with Gasteiger partial charge in [0.2, 0.25) is 0 Å². The first kappa shape index (κ1) is 13.3. The monoisotopic (exact) mass is 268 g/mol. The highest BCUT2D eigenvalue weighted by atomic mass is 32.1. The molecule has 2 rings (SSSR count). The van der Waals surface area contributed by atoms with Gasteiger partial charge < -0.3 is 10.1 Å². The Morgan fingerprint density at radius 3 is 3.11 bits per heavy atom. The highest BCUT2D eigenvalue weighted by Gasteiger charge is 2.21. The summed E-state index contributed by atoms with van der Waals surface area (Å²) in [6.45, 7) is 3.31. The summed E-state index contributed by atoms with van der Waals surface area (Å²) in [7, 11) is 1.40. The van der Waals surface area contributed by atoms with Gasteiger partial charge in [-0.1, -0.05) is 13.3 Å². The number of rotatable bonds is 5. The molecule has 1 heterocycles. The molecule has 18 heavy (non-hydrogen) atoms. The van der Waals surface area contributed by atoms with Crippen LogP contribution in [0.25, 0.3) is 0 Å². The molecule has 1 saturated carbocycles. The lowest BCUT2D eigenvalue weighted by molar-refractivity contribution is -0.139. The summed E-state index contributed by atoms with van der Waals surface area (Å²) < 4.78 is 4.62. The number of esters is 1. The molecule has 1 fully saturated rings. The van der Waals surface area contributed by atoms with E-state index in [1.807, 2.05) is 5.38 Å². The van der Waals surface area contributed by atoms with E-state index in [4.69, 9.17) is 0 Å². The number of hydrogen-bond donors (Lipinski definition) is 1. The van der Waals surface area contributed by atoms with Gasteiger partial charge in [-0.15, -0.1) is 11.3 Å². The van der Waals surface area contributed by atoms with Gasteiger partial charge in [-0.3, -0.25) is 4.79 Å². The van der Waals surface area contributed by atoms with E-state index in [2.05, 4.69) is 22.0 Å². The molecule has 0 aromatic carbocycles. The number of carbonyl (C=O) groups excluding carboxylic acids is 1. The zero-order valence-electron chi connectivity index (χ0n) is 10.9. The lowest BCUT2D eigenvalue weighted by Crippen LogP contribution is -2.11. The maximum atomic E-state index is 11.1. The van der Waals surface area contributed by atoms with E-state index >= 15 is 0 Å². The van der Waals surface area contributed by atoms with Crippen molar-refractivity contribution in [3.8, 4) is 0 Å². The van der Waals surface area contributed by atoms with E-state index < -0.39 is 0 Å². The number of nitrogens with one attached hydrogen (secondary N) is 1. The topological polar surface area (TPSA) is 51.2 Å². The number of carbonyl (C=O) groups is 1. The zero-order valence-corrected chi connectivity index (χ0v) is 11.8. The van der Waals surface area contributed by atoms with E-state index in [1.165, 1.54) is 26.4 Å². The molecule has 0 radical (unpaired) electrons. The molecule has 1 aliphatic rings. The van der Waals surface area contributed by atoms with E-state index in [-0.39, 0.29) is 12.4 Å². The van der Waals surface area contributed by atoms with Gasteiger partial charge in [0.25, 0.3) is 0 Å². The maximum absolute atomic E-state index is 11.1. The maximum Gasteiger partial charge on any atom is 0.311 e. The second kappa shape index (κ2) is 6.18. The first-order chi connectivity index (χ1) is 8.67. The molecule has 0 amide bonds. The van der Waals surface area contributed by atoms with Crippen LogP contribution in [0, 0.1) is 11.8 Å². The summed E-state index contributed by atoms with van der Waals surface area (Å²) in [5, 5.41) is 6.20. The van der Waals surface area contributed by atoms with E-state index in [9.17, 15) is 4.79 Å². The van der Waals surface area contributed by atoms with Crippen LogP contribution in [0.15, 0.2) is 5.38 Å². The minimum Gasteiger partial charge on any atom is -0.469 e. The van der Waals surface area contributed by atoms with Crippen molar-refractivity contribution in [2.75, 3.05) is 19.0 Å². The number of aromatic nitrogens is 1. The Hall–Kier alpha value is -1.10. The third-order valence-corrected chi connectivity index (χ3v) is 4.30. The third-order valence-electron chi connectivity index (χ3n) is 3.45. The molecule has 0 spiro atoms. The van der Waals surface area contributed by atoms with Crippen molar-refractivity contribution in [1.82, 2.24) is 4.98 Å². The van der Waals surface area contributed by atoms with Crippen molar-refractivity contribution in [2.45, 2.75) is 32.6 Å². The molecule has 4 nitrogen and oxygen atoms in total. The van der Waals surface area contributed by atoms with Crippen LogP contribution in [0.3, 0.4) is 0 Å². The summed E-state index contributed by atoms with van der Waals surface area (Å²) in [6, 6.07) is 0. The quantitative estimate of drug-likeness (QED) is 0.834. The van der Waals surface area contributed by atoms with Gasteiger partial charge in [0.05, 0.1) is 19.2 Å². The fraction of sp³-hybridized carbons (Fsp3) is 0.692. The van der Waals surface area contributed by atoms with Crippen LogP contribution < -0.4 is 5.32 Å². The average molecular weight is 268 g/mol. The summed E-state index contributed by atoms with van der Waals surface area (Å²) >= 11 is 1.56. The molecule has 1 N–H and O–H groups in total. The Morgan fingerprint density at radius 1 is 1.61 bits per heavy atom. The number of thiazole rings is 1. The van der Waals surface area contributed by atoms with Crippen molar-refractivity contribution >= 4 is 22.4 Å². The predicted molar refractivity (Wildman–Crippen MR) is 72.8 cm³/mol. The summed E-state index contributed by atoms with van der Waals surface area (Å²) in [4.78, 5) is 15.5. The molecule has 0 aliphatic heterocycles. The highest BCUT2D eigenvalue weighted by molar-refractivity contribution is 7.13. The first-order valence-corrected chi connectivity index (χ1v) is 7.30. The SMILES string of the molecule is COC(=O)Cc1csc(NCC2CCC(C)C2)n1. The van der Waals surface area contributed by atoms with Crippen LogP contribution in [0.1, 0.15) is 31.9 Å². The zero-order chi connectivity index (χ0) is 13.0. The Bertz CT molecular complexity index is 405. The largest absolute Gasteiger partial charge is 0.469 e. The van der Waals surface area contributed by atoms with Crippen molar-refractivity contribution in [3.63, 3.8) is 0 Å². The van der Waals surface area contributed by atoms with Crippen LogP contribution in [0.5, 0.6) is 0 Å². The number of methoxy groups -OCH3 is 1. The fourth-order valence-corrected chi connectivity index (χ4v) is 3.15. The van der Waals surface area contributed by atoms with Crippen molar-refractivity contribution in [1.29, 1.82) is 0 Å². The van der Waals surface area contributed by atoms with Gasteiger partial charge in [0, 0.05) is 11.9 Å². The van der Waals surface area contributed by atoms with Gasteiger partial charge in [-0.25, -0.2) is 4.98 Å². The molecular formula is C13H20N2O2S. The Labute approximate surface area is 112 Å². The van der Waals surface area contributed by atoms with Gasteiger partial charge in [0.1, 0.15) is 0 Å². The number of nitrogens with zero attached hydrogens (tertiary/aromatic N) is 1. The number of ether oxygens (including phenoxy) is 1. The summed E-state index contributed by atoms with van der Waals surface area (Å²) in [5.41, 5.74) is 0.786. The lowest BCUT2D eigenvalue weighted by atomic mass is 10.1. The second-order valence-electron chi connectivity index (χ2n) is 5.06. The molecule has 2 unspecified atom stereocenters. The minimum absolute atomic E-state index is 0.239. The molecule has 0 bridgehead atoms. The van der Waals surface area contributed by atoms with Crippen LogP contribution in [0.2, 0.25) is 0 Å². The standard InChI is InChI=1S/C13H20N2O2S/c1-9-3-4-10(5-9)7-14-13-15-11(8-18-13)6-12(16)17-2/h8-10H,3-7H2,1-2H3,(H,14,15). The van der Waals surface area contributed by atoms with Crippen LogP contribution in [-0.2, 0) is 16.0 Å². The highest BCUT2D eigenvalue weighted by Crippen LogP contribution is 2.30. The fourth-order valence-electron chi connectivity index (χ4n) is 2.43. The Kier molecular flexibility index (Phi) is 4.58. The molecule has 2 atom stereocenters. The molecule has 100 valence electrons. The molecule has 0 saturated heterocycles. The second-order valence-corrected chi connectivity index (χ2v) is 5.92. The van der Waals surface area contributed by atoms with Gasteiger partial charge in [-0.05, 0) is 24.7 Å². The Balaban J connectivity index is 1.78. The predicted octanol–water partition coefficient (Wildman–Crippen LogP) is 2.71. The van der Waals surface area contributed by atoms with E-state index in [0.717, 1.165) is 29.2 Å². The van der Waals surface area contributed by atoms with E-state index in [0.29, 0.717) is 0 Å². The normalized spacial score (nSPS) is 23.0. The molecular weight excluding hydrogens is 248 g/mol. The van der Waals surface area contributed by atoms with Crippen LogP contribution >= 0.6 is 11.3 Å². The lowest BCUT2D eigenvalue weighted by Gasteiger charge is -2.09. The molecule has 1 aliphatic carbocycles. The van der Waals surface area contributed by atoms with Crippen LogP contribution in [-0.4, -0.2) is 24.6 Å². The van der Waals surface area contributed by atoms with Gasteiger partial charge in [0.15, 0.2) is 5.13 Å². The van der Waals surface area contributed by atoms with Gasteiger partial charge >= 0.3 is 5.97 Å². The minimum atomic E-state index is -0.239. The van der Waals surface area contributed by atoms with Crippen LogP contribution in [0.4, 0.5) is 5.13 Å². The summed E-state index contributed by atoms with van der Waals surface area (Å²) in [6.07, 6.45) is 4.23. The Morgan fingerprint density at radius 2 is 2.44 bits per heavy atom. The van der Waals surface area contributed by atoms with E-state index in [1.54, 1.807) is 11.3 Å². The number of hydrogen-bond acceptors (Lipinski definition) is 5. The summed E-state index contributed by atoms with van der Waals surface area (Å²) in [5.74, 6) is 1.40. The van der Waals surface area contributed by atoms with Crippen molar-refractivity contribution < 1.29 is 9.53 Å². The van der Waals surface area contributed by atoms with Crippen molar-refractivity contribution in [2.24, 2.45) is 11.8 Å². The van der Waals surface area contributed by atoms with Crippen molar-refractivity contribution in [3.05, 3.63) is 11.1 Å². The molecule has 5 heteroatoms. The van der Waals surface area contributed by atoms with Gasteiger partial charge in [-0.2, -0.15) is 0 Å². The number of anilines is 1. The molecule has 1 aromatic rings. The first-order valence-electron chi connectivity index (χ1n) is 6.42. The smallest absolute Gasteiger partial charge is 0.311 e. The third kappa shape index (κ3) is 3.70.